The Morgan fingerprint density at radius 1 is 0.741 bits per heavy atom. The van der Waals surface area contributed by atoms with Gasteiger partial charge in [0, 0.05) is 37.1 Å². The second kappa shape index (κ2) is 10.4. The number of Topliss-reactive ketones (excluding diaryl/α,β-unsaturated/α-hetero) is 2. The van der Waals surface area contributed by atoms with Crippen molar-refractivity contribution in [2.45, 2.75) is 19.8 Å². The van der Waals surface area contributed by atoms with Gasteiger partial charge in [-0.2, -0.15) is 0 Å². The van der Waals surface area contributed by atoms with Crippen molar-refractivity contribution in [1.82, 2.24) is 4.90 Å². The summed E-state index contributed by atoms with van der Waals surface area (Å²) in [6.07, 6.45) is 0.680. The zero-order chi connectivity index (χ0) is 20.0. The highest BCUT2D eigenvalue weighted by molar-refractivity contribution is 6.42. The van der Waals surface area contributed by atoms with Gasteiger partial charge in [0.15, 0.2) is 11.6 Å². The lowest BCUT2D eigenvalue weighted by Crippen LogP contribution is -2.28. The monoisotopic (exact) mass is 445 g/mol. The largest absolute Gasteiger partial charge is 0.303 e. The Labute approximate surface area is 179 Å². The summed E-state index contributed by atoms with van der Waals surface area (Å²) in [4.78, 5) is 26.7. The summed E-state index contributed by atoms with van der Waals surface area (Å²) >= 11 is 23.7. The quantitative estimate of drug-likeness (QED) is 0.414. The first-order valence-electron chi connectivity index (χ1n) is 8.50. The molecule has 0 radical (unpaired) electrons. The normalized spacial score (nSPS) is 11.0. The molecular formula is C20H19Cl4NO2. The maximum absolute atomic E-state index is 12.3. The van der Waals surface area contributed by atoms with Gasteiger partial charge in [0.1, 0.15) is 0 Å². The van der Waals surface area contributed by atoms with E-state index in [1.165, 1.54) is 0 Å². The van der Waals surface area contributed by atoms with Crippen molar-refractivity contribution >= 4 is 58.0 Å². The molecule has 0 spiro atoms. The average molecular weight is 447 g/mol. The molecule has 0 aliphatic rings. The van der Waals surface area contributed by atoms with Gasteiger partial charge in [-0.25, -0.2) is 0 Å². The SMILES string of the molecule is CCN(CCC(=O)c1ccc(Cl)c(Cl)c1)CCC(=O)c1ccc(Cl)c(Cl)c1. The van der Waals surface area contributed by atoms with Gasteiger partial charge in [-0.15, -0.1) is 0 Å². The maximum atomic E-state index is 12.3. The molecule has 0 heterocycles. The minimum Gasteiger partial charge on any atom is -0.303 e. The minimum absolute atomic E-state index is 0.0113. The first-order chi connectivity index (χ1) is 12.8. The van der Waals surface area contributed by atoms with Gasteiger partial charge < -0.3 is 4.90 Å². The average Bonchev–Trinajstić information content (AvgIpc) is 2.65. The molecule has 0 saturated heterocycles. The molecule has 0 aromatic heterocycles. The van der Waals surface area contributed by atoms with E-state index in [1.54, 1.807) is 36.4 Å². The molecule has 0 N–H and O–H groups in total. The third kappa shape index (κ3) is 6.48. The highest BCUT2D eigenvalue weighted by atomic mass is 35.5. The predicted octanol–water partition coefficient (Wildman–Crippen LogP) is 6.47. The molecule has 27 heavy (non-hydrogen) atoms. The van der Waals surface area contributed by atoms with Crippen LogP contribution in [0.4, 0.5) is 0 Å². The summed E-state index contributed by atoms with van der Waals surface area (Å²) in [6, 6.07) is 9.73. The smallest absolute Gasteiger partial charge is 0.164 e. The molecule has 2 aromatic carbocycles. The van der Waals surface area contributed by atoms with Crippen LogP contribution in [0.5, 0.6) is 0 Å². The second-order valence-electron chi connectivity index (χ2n) is 6.04. The molecule has 0 amide bonds. The first-order valence-corrected chi connectivity index (χ1v) is 10.0. The molecule has 0 saturated carbocycles. The summed E-state index contributed by atoms with van der Waals surface area (Å²) in [7, 11) is 0. The minimum atomic E-state index is -0.0113. The highest BCUT2D eigenvalue weighted by Gasteiger charge is 2.13. The number of hydrogen-bond donors (Lipinski definition) is 0. The Bertz CT molecular complexity index is 771. The van der Waals surface area contributed by atoms with Gasteiger partial charge in [0.05, 0.1) is 20.1 Å². The number of halogens is 4. The van der Waals surface area contributed by atoms with E-state index in [2.05, 4.69) is 4.90 Å². The first kappa shape index (κ1) is 22.2. The Balaban J connectivity index is 1.87. The van der Waals surface area contributed by atoms with Gasteiger partial charge >= 0.3 is 0 Å². The van der Waals surface area contributed by atoms with Crippen LogP contribution in [0.2, 0.25) is 20.1 Å². The lowest BCUT2D eigenvalue weighted by Gasteiger charge is -2.19. The van der Waals surface area contributed by atoms with Crippen molar-refractivity contribution in [2.24, 2.45) is 0 Å². The van der Waals surface area contributed by atoms with Crippen molar-refractivity contribution in [2.75, 3.05) is 19.6 Å². The van der Waals surface area contributed by atoms with Gasteiger partial charge in [0.25, 0.3) is 0 Å². The summed E-state index contributed by atoms with van der Waals surface area (Å²) < 4.78 is 0. The van der Waals surface area contributed by atoms with Gasteiger partial charge in [0.2, 0.25) is 0 Å². The fourth-order valence-corrected chi connectivity index (χ4v) is 3.17. The summed E-state index contributed by atoms with van der Waals surface area (Å²) in [6.45, 7) is 3.85. The van der Waals surface area contributed by atoms with Crippen LogP contribution < -0.4 is 0 Å². The van der Waals surface area contributed by atoms with Gasteiger partial charge in [-0.1, -0.05) is 53.3 Å². The molecule has 2 rings (SSSR count). The molecule has 0 unspecified atom stereocenters. The fraction of sp³-hybridized carbons (Fsp3) is 0.300. The van der Waals surface area contributed by atoms with Crippen molar-refractivity contribution < 1.29 is 9.59 Å². The predicted molar refractivity (Wildman–Crippen MR) is 113 cm³/mol. The molecule has 0 aliphatic carbocycles. The second-order valence-corrected chi connectivity index (χ2v) is 7.67. The van der Waals surface area contributed by atoms with Crippen LogP contribution in [-0.4, -0.2) is 36.1 Å². The van der Waals surface area contributed by atoms with Crippen LogP contribution >= 0.6 is 46.4 Å². The van der Waals surface area contributed by atoms with Crippen molar-refractivity contribution in [3.63, 3.8) is 0 Å². The standard InChI is InChI=1S/C20H19Cl4NO2/c1-2-25(9-7-19(26)13-3-5-15(21)17(23)11-13)10-8-20(27)14-4-6-16(22)18(24)12-14/h3-6,11-12H,2,7-10H2,1H3. The van der Waals surface area contributed by atoms with Gasteiger partial charge in [-0.05, 0) is 42.9 Å². The van der Waals surface area contributed by atoms with Crippen molar-refractivity contribution in [3.8, 4) is 0 Å². The molecule has 0 bridgehead atoms. The zero-order valence-corrected chi connectivity index (χ0v) is 17.8. The Morgan fingerprint density at radius 3 is 1.48 bits per heavy atom. The fourth-order valence-electron chi connectivity index (χ4n) is 2.58. The number of nitrogens with zero attached hydrogens (tertiary/aromatic N) is 1. The van der Waals surface area contributed by atoms with Crippen molar-refractivity contribution in [3.05, 3.63) is 67.6 Å². The van der Waals surface area contributed by atoms with Crippen LogP contribution in [0.3, 0.4) is 0 Å². The number of benzene rings is 2. The Hall–Kier alpha value is -1.10. The molecule has 3 nitrogen and oxygen atoms in total. The van der Waals surface area contributed by atoms with E-state index in [-0.39, 0.29) is 11.6 Å². The van der Waals surface area contributed by atoms with Crippen LogP contribution in [0.1, 0.15) is 40.5 Å². The van der Waals surface area contributed by atoms with Crippen LogP contribution in [-0.2, 0) is 0 Å². The lowest BCUT2D eigenvalue weighted by molar-refractivity contribution is 0.0949. The third-order valence-corrected chi connectivity index (χ3v) is 5.72. The van der Waals surface area contributed by atoms with E-state index < -0.39 is 0 Å². The van der Waals surface area contributed by atoms with E-state index in [9.17, 15) is 9.59 Å². The van der Waals surface area contributed by atoms with Gasteiger partial charge in [-0.3, -0.25) is 9.59 Å². The van der Waals surface area contributed by atoms with Crippen LogP contribution in [0, 0.1) is 0 Å². The number of hydrogen-bond acceptors (Lipinski definition) is 3. The Kier molecular flexibility index (Phi) is 8.59. The lowest BCUT2D eigenvalue weighted by atomic mass is 10.1. The molecule has 0 atom stereocenters. The molecular weight excluding hydrogens is 428 g/mol. The number of rotatable bonds is 9. The molecule has 0 fully saturated rings. The molecule has 2 aromatic rings. The maximum Gasteiger partial charge on any atom is 0.164 e. The summed E-state index contributed by atoms with van der Waals surface area (Å²) in [5.74, 6) is -0.0225. The molecule has 0 aliphatic heterocycles. The summed E-state index contributed by atoms with van der Waals surface area (Å²) in [5, 5.41) is 1.57. The van der Waals surface area contributed by atoms with E-state index >= 15 is 0 Å². The van der Waals surface area contributed by atoms with Crippen LogP contribution in [0.25, 0.3) is 0 Å². The topological polar surface area (TPSA) is 37.4 Å². The highest BCUT2D eigenvalue weighted by Crippen LogP contribution is 2.24. The van der Waals surface area contributed by atoms with E-state index in [1.807, 2.05) is 6.92 Å². The Morgan fingerprint density at radius 2 is 1.15 bits per heavy atom. The van der Waals surface area contributed by atoms with Crippen LogP contribution in [0.15, 0.2) is 36.4 Å². The molecule has 144 valence electrons. The summed E-state index contributed by atoms with van der Waals surface area (Å²) in [5.41, 5.74) is 1.07. The van der Waals surface area contributed by atoms with Crippen molar-refractivity contribution in [1.29, 1.82) is 0 Å². The van der Waals surface area contributed by atoms with E-state index in [4.69, 9.17) is 46.4 Å². The number of carbonyl (C=O) groups is 2. The van der Waals surface area contributed by atoms with E-state index in [0.717, 1.165) is 6.54 Å². The molecule has 7 heteroatoms. The third-order valence-electron chi connectivity index (χ3n) is 4.24. The number of ketones is 2. The number of carbonyl (C=O) groups excluding carboxylic acids is 2. The zero-order valence-electron chi connectivity index (χ0n) is 14.8. The van der Waals surface area contributed by atoms with E-state index in [0.29, 0.717) is 57.1 Å².